The molecule has 1 atom stereocenters. The Morgan fingerprint density at radius 3 is 2.83 bits per heavy atom. The van der Waals surface area contributed by atoms with Gasteiger partial charge in [0.25, 0.3) is 5.95 Å². The minimum Gasteiger partial charge on any atom is -0.489 e. The molecule has 1 unspecified atom stereocenters. The molecular weight excluding hydrogens is 326 g/mol. The fourth-order valence-electron chi connectivity index (χ4n) is 2.00. The first-order valence-electron chi connectivity index (χ1n) is 7.36. The van der Waals surface area contributed by atoms with Gasteiger partial charge in [-0.1, -0.05) is 18.2 Å². The molecule has 1 aromatic heterocycles. The molecule has 2 aromatic rings. The fraction of sp³-hybridized carbons (Fsp3) is 0.250. The molecule has 0 fully saturated rings. The maximum absolute atomic E-state index is 9.51. The molecule has 1 heterocycles. The van der Waals surface area contributed by atoms with E-state index in [0.29, 0.717) is 5.56 Å². The van der Waals surface area contributed by atoms with Crippen molar-refractivity contribution in [2.75, 3.05) is 18.2 Å². The number of aromatic nitrogens is 2. The topological polar surface area (TPSA) is 93.3 Å². The van der Waals surface area contributed by atoms with Crippen molar-refractivity contribution in [1.29, 1.82) is 0 Å². The number of nitrogens with two attached hydrogens (primary N) is 1. The number of anilines is 2. The number of thiol groups is 1. The highest BCUT2D eigenvalue weighted by Gasteiger charge is 2.16. The van der Waals surface area contributed by atoms with Crippen molar-refractivity contribution in [2.24, 2.45) is 0 Å². The van der Waals surface area contributed by atoms with Crippen LogP contribution < -0.4 is 15.9 Å². The number of ether oxygens (including phenoxy) is 1. The molecule has 0 spiro atoms. The Balaban J connectivity index is 2.08. The van der Waals surface area contributed by atoms with Crippen LogP contribution in [0, 0.1) is 6.92 Å². The van der Waals surface area contributed by atoms with Gasteiger partial charge in [0.05, 0.1) is 5.56 Å². The predicted molar refractivity (Wildman–Crippen MR) is 97.2 cm³/mol. The predicted octanol–water partition coefficient (Wildman–Crippen LogP) is 2.99. The van der Waals surface area contributed by atoms with E-state index in [2.05, 4.69) is 28.2 Å². The second-order valence-corrected chi connectivity index (χ2v) is 6.21. The largest absolute Gasteiger partial charge is 0.489 e. The standard InChI is InChI=1S/C16H22N5O2S/c1-4-5-12-8-14(7-6-11(12)2)23-10-13-9-18-16(19-15(13)17)20-21(3,22)24/h4-9,22,24H,10H2,1-3H3,(H3,17,18,19,20)/q+1/b5-4-. The molecule has 0 aliphatic carbocycles. The zero-order valence-electron chi connectivity index (χ0n) is 13.9. The molecule has 7 nitrogen and oxygen atoms in total. The molecule has 0 saturated heterocycles. The van der Waals surface area contributed by atoms with Crippen molar-refractivity contribution < 1.29 is 14.1 Å². The molecule has 8 heteroatoms. The van der Waals surface area contributed by atoms with Gasteiger partial charge in [0, 0.05) is 6.20 Å². The molecular formula is C16H22N5O2S+. The van der Waals surface area contributed by atoms with Gasteiger partial charge in [0.1, 0.15) is 38.0 Å². The summed E-state index contributed by atoms with van der Waals surface area (Å²) in [5.74, 6) is 1.18. The van der Waals surface area contributed by atoms with Crippen LogP contribution in [0.1, 0.15) is 23.6 Å². The van der Waals surface area contributed by atoms with Gasteiger partial charge < -0.3 is 10.5 Å². The van der Waals surface area contributed by atoms with Gasteiger partial charge in [-0.15, -0.1) is 0 Å². The molecule has 4 N–H and O–H groups in total. The van der Waals surface area contributed by atoms with Gasteiger partial charge in [-0.25, -0.2) is 4.98 Å². The van der Waals surface area contributed by atoms with Crippen molar-refractivity contribution in [3.63, 3.8) is 0 Å². The van der Waals surface area contributed by atoms with Crippen LogP contribution in [0.3, 0.4) is 0 Å². The highest BCUT2D eigenvalue weighted by atomic mass is 32.1. The van der Waals surface area contributed by atoms with Gasteiger partial charge in [0.2, 0.25) is 0 Å². The summed E-state index contributed by atoms with van der Waals surface area (Å²) in [5, 5.41) is 9.51. The van der Waals surface area contributed by atoms with E-state index in [1.54, 1.807) is 6.20 Å². The highest BCUT2D eigenvalue weighted by Crippen LogP contribution is 2.21. The SMILES string of the molecule is C/C=C\c1cc(OCc2cnc(N[N+](C)(O)S)nc2N)ccc1C. The molecule has 0 aliphatic heterocycles. The summed E-state index contributed by atoms with van der Waals surface area (Å²) in [7, 11) is 1.40. The van der Waals surface area contributed by atoms with Crippen LogP contribution in [0.4, 0.5) is 11.8 Å². The van der Waals surface area contributed by atoms with Crippen LogP contribution in [0.2, 0.25) is 0 Å². The Morgan fingerprint density at radius 1 is 1.46 bits per heavy atom. The zero-order chi connectivity index (χ0) is 17.7. The lowest BCUT2D eigenvalue weighted by atomic mass is 10.1. The second kappa shape index (κ2) is 7.52. The monoisotopic (exact) mass is 348 g/mol. The van der Waals surface area contributed by atoms with Gasteiger partial charge in [0.15, 0.2) is 0 Å². The van der Waals surface area contributed by atoms with Gasteiger partial charge >= 0.3 is 0 Å². The van der Waals surface area contributed by atoms with E-state index in [1.807, 2.05) is 44.2 Å². The quantitative estimate of drug-likeness (QED) is 0.364. The maximum Gasteiger partial charge on any atom is 0.275 e. The number of quaternary nitrogens is 1. The highest BCUT2D eigenvalue weighted by molar-refractivity contribution is 7.74. The number of hydrogen-bond donors (Lipinski definition) is 4. The number of benzene rings is 1. The van der Waals surface area contributed by atoms with E-state index in [1.165, 1.54) is 12.6 Å². The summed E-state index contributed by atoms with van der Waals surface area (Å²) in [6, 6.07) is 5.88. The minimum absolute atomic E-state index is 0.168. The molecule has 2 rings (SSSR count). The van der Waals surface area contributed by atoms with Crippen molar-refractivity contribution in [1.82, 2.24) is 9.97 Å². The summed E-state index contributed by atoms with van der Waals surface area (Å²) in [4.78, 5) is 8.15. The molecule has 0 aliphatic rings. The van der Waals surface area contributed by atoms with Crippen molar-refractivity contribution in [3.05, 3.63) is 47.2 Å². The minimum atomic E-state index is -0.799. The number of rotatable bonds is 6. The number of nitrogens with zero attached hydrogens (tertiary/aromatic N) is 3. The second-order valence-electron chi connectivity index (χ2n) is 5.44. The third kappa shape index (κ3) is 5.12. The average molecular weight is 348 g/mol. The molecule has 0 saturated carbocycles. The fourth-order valence-corrected chi connectivity index (χ4v) is 2.09. The van der Waals surface area contributed by atoms with E-state index < -0.39 is 4.16 Å². The summed E-state index contributed by atoms with van der Waals surface area (Å²) in [5.41, 5.74) is 11.4. The average Bonchev–Trinajstić information content (AvgIpc) is 2.48. The molecule has 1 aromatic carbocycles. The zero-order valence-corrected chi connectivity index (χ0v) is 14.8. The van der Waals surface area contributed by atoms with E-state index >= 15 is 0 Å². The van der Waals surface area contributed by atoms with Crippen LogP contribution >= 0.6 is 12.8 Å². The first kappa shape index (κ1) is 18.1. The first-order valence-corrected chi connectivity index (χ1v) is 7.76. The molecule has 0 amide bonds. The lowest BCUT2D eigenvalue weighted by molar-refractivity contribution is -0.955. The number of hydrogen-bond acceptors (Lipinski definition) is 7. The molecule has 128 valence electrons. The summed E-state index contributed by atoms with van der Waals surface area (Å²) < 4.78 is 4.97. The van der Waals surface area contributed by atoms with Gasteiger partial charge in [-0.2, -0.15) is 15.6 Å². The molecule has 0 radical (unpaired) electrons. The summed E-state index contributed by atoms with van der Waals surface area (Å²) in [6.45, 7) is 4.27. The Bertz CT molecular complexity index is 744. The lowest BCUT2D eigenvalue weighted by Crippen LogP contribution is -2.36. The maximum atomic E-state index is 9.51. The number of aryl methyl sites for hydroxylation is 1. The Hall–Kier alpha value is -2.29. The molecule has 0 bridgehead atoms. The number of nitrogen functional groups attached to an aromatic ring is 1. The Labute approximate surface area is 146 Å². The van der Waals surface area contributed by atoms with Crippen LogP contribution in [-0.4, -0.2) is 26.4 Å². The van der Waals surface area contributed by atoms with Gasteiger partial charge in [-0.3, -0.25) is 0 Å². The van der Waals surface area contributed by atoms with Crippen LogP contribution in [0.15, 0.2) is 30.5 Å². The van der Waals surface area contributed by atoms with Gasteiger partial charge in [-0.05, 0) is 41.3 Å². The molecule has 24 heavy (non-hydrogen) atoms. The first-order chi connectivity index (χ1) is 11.3. The van der Waals surface area contributed by atoms with E-state index in [-0.39, 0.29) is 18.4 Å². The lowest BCUT2D eigenvalue weighted by Gasteiger charge is -2.17. The number of nitrogens with one attached hydrogen (secondary N) is 1. The third-order valence-electron chi connectivity index (χ3n) is 3.20. The summed E-state index contributed by atoms with van der Waals surface area (Å²) >= 11 is 3.88. The van der Waals surface area contributed by atoms with Crippen molar-refractivity contribution >= 4 is 30.7 Å². The number of hydroxylamine groups is 1. The van der Waals surface area contributed by atoms with E-state index in [4.69, 9.17) is 10.5 Å². The van der Waals surface area contributed by atoms with E-state index in [0.717, 1.165) is 11.3 Å². The van der Waals surface area contributed by atoms with Crippen molar-refractivity contribution in [3.8, 4) is 5.75 Å². The van der Waals surface area contributed by atoms with Crippen LogP contribution in [0.5, 0.6) is 5.75 Å². The Morgan fingerprint density at radius 2 is 2.21 bits per heavy atom. The van der Waals surface area contributed by atoms with E-state index in [9.17, 15) is 5.21 Å². The third-order valence-corrected chi connectivity index (χ3v) is 3.30. The normalized spacial score (nSPS) is 13.7. The number of allylic oxidation sites excluding steroid dienone is 1. The summed E-state index contributed by atoms with van der Waals surface area (Å²) in [6.07, 6.45) is 5.56. The van der Waals surface area contributed by atoms with Crippen LogP contribution in [0.25, 0.3) is 6.08 Å². The smallest absolute Gasteiger partial charge is 0.275 e. The Kier molecular flexibility index (Phi) is 5.66. The van der Waals surface area contributed by atoms with Crippen LogP contribution in [-0.2, 0) is 6.61 Å². The van der Waals surface area contributed by atoms with Crippen molar-refractivity contribution in [2.45, 2.75) is 20.5 Å².